The van der Waals surface area contributed by atoms with Gasteiger partial charge in [-0.1, -0.05) is 0 Å². The van der Waals surface area contributed by atoms with Crippen LogP contribution in [-0.2, 0) is 14.3 Å². The van der Waals surface area contributed by atoms with Gasteiger partial charge in [0, 0.05) is 12.2 Å². The maximum atomic E-state index is 10.7. The molecule has 6 heteroatoms. The van der Waals surface area contributed by atoms with Gasteiger partial charge in [0.05, 0.1) is 6.61 Å². The average molecular weight is 186 g/mol. The van der Waals surface area contributed by atoms with Gasteiger partial charge in [-0.05, 0) is 6.92 Å². The van der Waals surface area contributed by atoms with Gasteiger partial charge in [-0.15, -0.1) is 0 Å². The first-order valence-electron chi connectivity index (χ1n) is 3.51. The maximum Gasteiger partial charge on any atom is 0.330 e. The monoisotopic (exact) mass is 186 g/mol. The molecule has 6 nitrogen and oxygen atoms in total. The van der Waals surface area contributed by atoms with E-state index in [-0.39, 0.29) is 6.61 Å². The van der Waals surface area contributed by atoms with E-state index in [4.69, 9.17) is 0 Å². The van der Waals surface area contributed by atoms with E-state index in [1.54, 1.807) is 12.2 Å². The predicted octanol–water partition coefficient (Wildman–Crippen LogP) is -0.699. The summed E-state index contributed by atoms with van der Waals surface area (Å²) in [5, 5.41) is 1.75. The van der Waals surface area contributed by atoms with Crippen molar-refractivity contribution in [2.45, 2.75) is 6.92 Å². The molecule has 0 aromatic heterocycles. The topological polar surface area (TPSA) is 98.5 Å². The molecule has 72 valence electrons. The number of amides is 3. The van der Waals surface area contributed by atoms with Crippen LogP contribution in [0.1, 0.15) is 6.92 Å². The van der Waals surface area contributed by atoms with Crippen molar-refractivity contribution >= 4 is 17.9 Å². The number of imide groups is 1. The van der Waals surface area contributed by atoms with E-state index in [0.29, 0.717) is 0 Å². The van der Waals surface area contributed by atoms with E-state index in [0.717, 1.165) is 12.2 Å². The number of hydrogen-bond acceptors (Lipinski definition) is 4. The molecule has 0 heterocycles. The Labute approximate surface area is 74.7 Å². The van der Waals surface area contributed by atoms with Gasteiger partial charge in [0.15, 0.2) is 0 Å². The molecular formula is C7H10N2O4. The Kier molecular flexibility index (Phi) is 4.94. The Morgan fingerprint density at radius 3 is 2.46 bits per heavy atom. The van der Waals surface area contributed by atoms with Crippen LogP contribution in [0, 0.1) is 0 Å². The van der Waals surface area contributed by atoms with Gasteiger partial charge in [-0.3, -0.25) is 10.1 Å². The number of nitrogens with one attached hydrogen (secondary N) is 1. The molecule has 0 saturated carbocycles. The van der Waals surface area contributed by atoms with Crippen molar-refractivity contribution in [1.29, 1.82) is 0 Å². The summed E-state index contributed by atoms with van der Waals surface area (Å²) in [5.74, 6) is -1.41. The van der Waals surface area contributed by atoms with Crippen LogP contribution < -0.4 is 11.1 Å². The van der Waals surface area contributed by atoms with Crippen molar-refractivity contribution in [3.8, 4) is 0 Å². The number of ether oxygens (including phenoxy) is 1. The fourth-order valence-corrected chi connectivity index (χ4v) is 0.497. The van der Waals surface area contributed by atoms with E-state index in [9.17, 15) is 14.4 Å². The zero-order valence-corrected chi connectivity index (χ0v) is 7.07. The summed E-state index contributed by atoms with van der Waals surface area (Å²) < 4.78 is 4.48. The Balaban J connectivity index is 3.90. The van der Waals surface area contributed by atoms with Gasteiger partial charge in [0.25, 0.3) is 5.91 Å². The molecule has 0 aliphatic heterocycles. The zero-order chi connectivity index (χ0) is 10.3. The molecule has 3 amide bonds. The third-order valence-corrected chi connectivity index (χ3v) is 0.904. The van der Waals surface area contributed by atoms with Crippen LogP contribution in [0.2, 0.25) is 0 Å². The molecule has 0 rings (SSSR count). The molecule has 0 aromatic rings. The first kappa shape index (κ1) is 11.2. The Bertz CT molecular complexity index is 247. The smallest absolute Gasteiger partial charge is 0.330 e. The van der Waals surface area contributed by atoms with Crippen molar-refractivity contribution in [3.05, 3.63) is 12.2 Å². The number of urea groups is 1. The van der Waals surface area contributed by atoms with E-state index < -0.39 is 17.9 Å². The van der Waals surface area contributed by atoms with Crippen LogP contribution >= 0.6 is 0 Å². The Morgan fingerprint density at radius 1 is 1.38 bits per heavy atom. The van der Waals surface area contributed by atoms with Gasteiger partial charge in [0.2, 0.25) is 0 Å². The number of esters is 1. The van der Waals surface area contributed by atoms with E-state index in [2.05, 4.69) is 10.5 Å². The summed E-state index contributed by atoms with van der Waals surface area (Å²) in [4.78, 5) is 31.4. The SMILES string of the molecule is CCOC(=O)C=CC(=O)NC(N)=O. The highest BCUT2D eigenvalue weighted by atomic mass is 16.5. The number of nitrogens with two attached hydrogens (primary N) is 1. The Morgan fingerprint density at radius 2 is 2.00 bits per heavy atom. The van der Waals surface area contributed by atoms with Gasteiger partial charge in [0.1, 0.15) is 0 Å². The highest BCUT2D eigenvalue weighted by Gasteiger charge is 2.00. The maximum absolute atomic E-state index is 10.7. The van der Waals surface area contributed by atoms with E-state index in [1.165, 1.54) is 0 Å². The minimum atomic E-state index is -0.974. The van der Waals surface area contributed by atoms with Crippen molar-refractivity contribution in [3.63, 3.8) is 0 Å². The molecule has 0 aliphatic rings. The van der Waals surface area contributed by atoms with Crippen LogP contribution in [0.4, 0.5) is 4.79 Å². The molecule has 0 fully saturated rings. The van der Waals surface area contributed by atoms with Crippen LogP contribution in [-0.4, -0.2) is 24.5 Å². The lowest BCUT2D eigenvalue weighted by atomic mass is 10.4. The fourth-order valence-electron chi connectivity index (χ4n) is 0.497. The molecule has 0 bridgehead atoms. The second kappa shape index (κ2) is 5.76. The van der Waals surface area contributed by atoms with Crippen molar-refractivity contribution in [2.75, 3.05) is 6.61 Å². The zero-order valence-electron chi connectivity index (χ0n) is 7.07. The third-order valence-electron chi connectivity index (χ3n) is 0.904. The standard InChI is InChI=1S/C7H10N2O4/c1-2-13-6(11)4-3-5(10)9-7(8)12/h3-4H,2H2,1H3,(H3,8,9,10,12). The van der Waals surface area contributed by atoms with Gasteiger partial charge in [-0.25, -0.2) is 9.59 Å². The fraction of sp³-hybridized carbons (Fsp3) is 0.286. The minimum absolute atomic E-state index is 0.223. The normalized spacial score (nSPS) is 9.62. The van der Waals surface area contributed by atoms with Crippen LogP contribution in [0.25, 0.3) is 0 Å². The predicted molar refractivity (Wildman–Crippen MR) is 43.5 cm³/mol. The molecule has 0 spiro atoms. The van der Waals surface area contributed by atoms with Crippen LogP contribution in [0.5, 0.6) is 0 Å². The highest BCUT2D eigenvalue weighted by Crippen LogP contribution is 1.80. The summed E-state index contributed by atoms with van der Waals surface area (Å²) in [6.07, 6.45) is 1.77. The molecule has 0 unspecified atom stereocenters. The van der Waals surface area contributed by atoms with Crippen LogP contribution in [0.3, 0.4) is 0 Å². The van der Waals surface area contributed by atoms with Crippen molar-refractivity contribution in [2.24, 2.45) is 5.73 Å². The molecular weight excluding hydrogens is 176 g/mol. The molecule has 0 atom stereocenters. The molecule has 0 saturated heterocycles. The van der Waals surface area contributed by atoms with Crippen molar-refractivity contribution < 1.29 is 19.1 Å². The third kappa shape index (κ3) is 6.54. The first-order chi connectivity index (χ1) is 6.06. The first-order valence-corrected chi connectivity index (χ1v) is 3.51. The highest BCUT2D eigenvalue weighted by molar-refractivity contribution is 6.02. The number of rotatable bonds is 3. The molecule has 0 aromatic carbocycles. The summed E-state index contributed by atoms with van der Waals surface area (Å²) in [6, 6.07) is -0.974. The van der Waals surface area contributed by atoms with Crippen LogP contribution in [0.15, 0.2) is 12.2 Å². The lowest BCUT2D eigenvalue weighted by molar-refractivity contribution is -0.137. The number of primary amides is 1. The summed E-state index contributed by atoms with van der Waals surface area (Å²) >= 11 is 0. The molecule has 3 N–H and O–H groups in total. The van der Waals surface area contributed by atoms with E-state index >= 15 is 0 Å². The Hall–Kier alpha value is -1.85. The van der Waals surface area contributed by atoms with Crippen molar-refractivity contribution in [1.82, 2.24) is 5.32 Å². The lowest BCUT2D eigenvalue weighted by Gasteiger charge is -1.95. The minimum Gasteiger partial charge on any atom is -0.463 e. The summed E-state index contributed by atoms with van der Waals surface area (Å²) in [6.45, 7) is 1.86. The molecule has 13 heavy (non-hydrogen) atoms. The van der Waals surface area contributed by atoms with Gasteiger partial charge >= 0.3 is 12.0 Å². The molecule has 0 aliphatic carbocycles. The number of hydrogen-bond donors (Lipinski definition) is 2. The van der Waals surface area contributed by atoms with E-state index in [1.807, 2.05) is 0 Å². The largest absolute Gasteiger partial charge is 0.463 e. The summed E-state index contributed by atoms with van der Waals surface area (Å²) in [7, 11) is 0. The molecule has 0 radical (unpaired) electrons. The van der Waals surface area contributed by atoms with Gasteiger partial charge < -0.3 is 10.5 Å². The number of carbonyl (C=O) groups excluding carboxylic acids is 3. The lowest BCUT2D eigenvalue weighted by Crippen LogP contribution is -2.33. The number of carbonyl (C=O) groups is 3. The second-order valence-corrected chi connectivity index (χ2v) is 1.94. The van der Waals surface area contributed by atoms with Gasteiger partial charge in [-0.2, -0.15) is 0 Å². The summed E-state index contributed by atoms with van der Waals surface area (Å²) in [5.41, 5.74) is 4.64. The quantitative estimate of drug-likeness (QED) is 0.449. The second-order valence-electron chi connectivity index (χ2n) is 1.94. The average Bonchev–Trinajstić information content (AvgIpc) is 2.00.